The topological polar surface area (TPSA) is 67.2 Å². The summed E-state index contributed by atoms with van der Waals surface area (Å²) in [5.74, 6) is 0.811. The van der Waals surface area contributed by atoms with Crippen LogP contribution in [0, 0.1) is 6.92 Å². The van der Waals surface area contributed by atoms with Crippen LogP contribution in [0.2, 0.25) is 0 Å². The van der Waals surface area contributed by atoms with Gasteiger partial charge < -0.3 is 9.84 Å². The summed E-state index contributed by atoms with van der Waals surface area (Å²) >= 11 is 0. The summed E-state index contributed by atoms with van der Waals surface area (Å²) in [7, 11) is 0. The standard InChI is InChI=1S/C13H12F3N3O2/c1-8-6-11(19-21-8)18-12(20)17-7-9-2-4-10(5-3-9)13(14,15)16/h2-6H,7H2,1H3,(H2,17,18,19,20). The molecular formula is C13H12F3N3O2. The Balaban J connectivity index is 1.86. The number of hydrogen-bond donors (Lipinski definition) is 2. The molecule has 0 aliphatic heterocycles. The van der Waals surface area contributed by atoms with Crippen molar-refractivity contribution in [2.75, 3.05) is 5.32 Å². The molecule has 0 aliphatic carbocycles. The van der Waals surface area contributed by atoms with Crippen LogP contribution in [0.15, 0.2) is 34.9 Å². The molecule has 0 saturated carbocycles. The molecule has 1 aromatic carbocycles. The Hall–Kier alpha value is -2.51. The van der Waals surface area contributed by atoms with E-state index in [9.17, 15) is 18.0 Å². The summed E-state index contributed by atoms with van der Waals surface area (Å²) in [6.07, 6.45) is -4.37. The molecule has 0 fully saturated rings. The van der Waals surface area contributed by atoms with Gasteiger partial charge in [-0.15, -0.1) is 0 Å². The van der Waals surface area contributed by atoms with Crippen molar-refractivity contribution in [1.82, 2.24) is 10.5 Å². The quantitative estimate of drug-likeness (QED) is 0.913. The number of carbonyl (C=O) groups is 1. The zero-order valence-electron chi connectivity index (χ0n) is 11.0. The molecule has 112 valence electrons. The molecule has 0 aliphatic rings. The summed E-state index contributed by atoms with van der Waals surface area (Å²) in [4.78, 5) is 11.5. The number of nitrogens with zero attached hydrogens (tertiary/aromatic N) is 1. The molecule has 0 radical (unpaired) electrons. The number of halogens is 3. The highest BCUT2D eigenvalue weighted by Crippen LogP contribution is 2.29. The van der Waals surface area contributed by atoms with E-state index in [0.29, 0.717) is 11.3 Å². The first-order valence-corrected chi connectivity index (χ1v) is 5.99. The zero-order chi connectivity index (χ0) is 15.5. The molecule has 0 bridgehead atoms. The number of benzene rings is 1. The van der Waals surface area contributed by atoms with Gasteiger partial charge in [0.15, 0.2) is 5.82 Å². The van der Waals surface area contributed by atoms with Gasteiger partial charge in [-0.3, -0.25) is 5.32 Å². The predicted molar refractivity (Wildman–Crippen MR) is 68.5 cm³/mol. The van der Waals surface area contributed by atoms with Gasteiger partial charge in [0, 0.05) is 12.6 Å². The molecular weight excluding hydrogens is 287 g/mol. The van der Waals surface area contributed by atoms with Crippen LogP contribution in [-0.2, 0) is 12.7 Å². The molecule has 0 atom stereocenters. The average molecular weight is 299 g/mol. The fourth-order valence-corrected chi connectivity index (χ4v) is 1.58. The van der Waals surface area contributed by atoms with E-state index >= 15 is 0 Å². The number of aryl methyl sites for hydroxylation is 1. The van der Waals surface area contributed by atoms with E-state index in [1.807, 2.05) is 0 Å². The van der Waals surface area contributed by atoms with Crippen molar-refractivity contribution in [1.29, 1.82) is 0 Å². The molecule has 1 heterocycles. The fraction of sp³-hybridized carbons (Fsp3) is 0.231. The number of alkyl halides is 3. The second-order valence-electron chi connectivity index (χ2n) is 4.33. The lowest BCUT2D eigenvalue weighted by atomic mass is 10.1. The monoisotopic (exact) mass is 299 g/mol. The van der Waals surface area contributed by atoms with Crippen molar-refractivity contribution in [3.8, 4) is 0 Å². The third-order valence-electron chi connectivity index (χ3n) is 2.60. The average Bonchev–Trinajstić information content (AvgIpc) is 2.81. The highest BCUT2D eigenvalue weighted by Gasteiger charge is 2.29. The van der Waals surface area contributed by atoms with Crippen LogP contribution in [-0.4, -0.2) is 11.2 Å². The van der Waals surface area contributed by atoms with Gasteiger partial charge in [0.2, 0.25) is 0 Å². The Labute approximate surface area is 118 Å². The minimum absolute atomic E-state index is 0.0980. The smallest absolute Gasteiger partial charge is 0.360 e. The molecule has 2 rings (SSSR count). The summed E-state index contributed by atoms with van der Waals surface area (Å²) in [6.45, 7) is 1.78. The Morgan fingerprint density at radius 1 is 1.29 bits per heavy atom. The van der Waals surface area contributed by atoms with Gasteiger partial charge in [0.05, 0.1) is 5.56 Å². The van der Waals surface area contributed by atoms with Crippen molar-refractivity contribution >= 4 is 11.8 Å². The second kappa shape index (κ2) is 5.86. The molecule has 8 heteroatoms. The van der Waals surface area contributed by atoms with E-state index in [1.165, 1.54) is 18.2 Å². The van der Waals surface area contributed by atoms with Crippen molar-refractivity contribution in [2.45, 2.75) is 19.6 Å². The lowest BCUT2D eigenvalue weighted by Crippen LogP contribution is -2.28. The molecule has 2 N–H and O–H groups in total. The maximum atomic E-state index is 12.4. The number of hydrogen-bond acceptors (Lipinski definition) is 3. The highest BCUT2D eigenvalue weighted by atomic mass is 19.4. The van der Waals surface area contributed by atoms with Crippen LogP contribution >= 0.6 is 0 Å². The number of rotatable bonds is 3. The zero-order valence-corrected chi connectivity index (χ0v) is 11.0. The number of nitrogens with one attached hydrogen (secondary N) is 2. The molecule has 1 aromatic heterocycles. The molecule has 0 spiro atoms. The van der Waals surface area contributed by atoms with E-state index in [-0.39, 0.29) is 12.4 Å². The summed E-state index contributed by atoms with van der Waals surface area (Å²) in [6, 6.07) is 5.57. The number of carbonyl (C=O) groups excluding carboxylic acids is 1. The number of urea groups is 1. The first-order chi connectivity index (χ1) is 9.84. The van der Waals surface area contributed by atoms with Crippen LogP contribution < -0.4 is 10.6 Å². The van der Waals surface area contributed by atoms with Crippen molar-refractivity contribution in [3.63, 3.8) is 0 Å². The number of aromatic nitrogens is 1. The second-order valence-corrected chi connectivity index (χ2v) is 4.33. The third kappa shape index (κ3) is 4.23. The summed E-state index contributed by atoms with van der Waals surface area (Å²) in [5, 5.41) is 8.51. The van der Waals surface area contributed by atoms with E-state index in [2.05, 4.69) is 15.8 Å². The van der Waals surface area contributed by atoms with Gasteiger partial charge in [-0.2, -0.15) is 13.2 Å². The van der Waals surface area contributed by atoms with Crippen LogP contribution in [0.3, 0.4) is 0 Å². The molecule has 5 nitrogen and oxygen atoms in total. The molecule has 0 unspecified atom stereocenters. The van der Waals surface area contributed by atoms with Crippen molar-refractivity contribution < 1.29 is 22.5 Å². The minimum Gasteiger partial charge on any atom is -0.360 e. The Morgan fingerprint density at radius 2 is 1.95 bits per heavy atom. The maximum Gasteiger partial charge on any atom is 0.416 e. The Morgan fingerprint density at radius 3 is 2.48 bits per heavy atom. The first-order valence-electron chi connectivity index (χ1n) is 5.99. The van der Waals surface area contributed by atoms with Crippen molar-refractivity contribution in [3.05, 3.63) is 47.2 Å². The number of anilines is 1. The van der Waals surface area contributed by atoms with Gasteiger partial charge >= 0.3 is 12.2 Å². The fourth-order valence-electron chi connectivity index (χ4n) is 1.58. The molecule has 2 aromatic rings. The normalized spacial score (nSPS) is 11.2. The third-order valence-corrected chi connectivity index (χ3v) is 2.60. The van der Waals surface area contributed by atoms with Gasteiger partial charge in [-0.1, -0.05) is 17.3 Å². The lowest BCUT2D eigenvalue weighted by molar-refractivity contribution is -0.137. The Kier molecular flexibility index (Phi) is 4.15. The Bertz CT molecular complexity index is 620. The van der Waals surface area contributed by atoms with Gasteiger partial charge in [0.25, 0.3) is 0 Å². The predicted octanol–water partition coefficient (Wildman–Crippen LogP) is 3.32. The van der Waals surface area contributed by atoms with Crippen LogP contribution in [0.4, 0.5) is 23.8 Å². The molecule has 0 saturated heterocycles. The van der Waals surface area contributed by atoms with Crippen molar-refractivity contribution in [2.24, 2.45) is 0 Å². The SMILES string of the molecule is Cc1cc(NC(=O)NCc2ccc(C(F)(F)F)cc2)no1. The van der Waals surface area contributed by atoms with Crippen LogP contribution in [0.25, 0.3) is 0 Å². The maximum absolute atomic E-state index is 12.4. The van der Waals surface area contributed by atoms with Crippen LogP contribution in [0.1, 0.15) is 16.9 Å². The molecule has 2 amide bonds. The summed E-state index contributed by atoms with van der Waals surface area (Å²) in [5.41, 5.74) is -0.178. The van der Waals surface area contributed by atoms with E-state index in [4.69, 9.17) is 4.52 Å². The summed E-state index contributed by atoms with van der Waals surface area (Å²) < 4.78 is 41.9. The van der Waals surface area contributed by atoms with Gasteiger partial charge in [-0.05, 0) is 24.6 Å². The van der Waals surface area contributed by atoms with E-state index in [1.54, 1.807) is 6.92 Å². The van der Waals surface area contributed by atoms with Gasteiger partial charge in [0.1, 0.15) is 5.76 Å². The van der Waals surface area contributed by atoms with E-state index in [0.717, 1.165) is 12.1 Å². The largest absolute Gasteiger partial charge is 0.416 e. The lowest BCUT2D eigenvalue weighted by Gasteiger charge is -2.08. The first kappa shape index (κ1) is 14.9. The highest BCUT2D eigenvalue weighted by molar-refractivity contribution is 5.88. The van der Waals surface area contributed by atoms with Crippen LogP contribution in [0.5, 0.6) is 0 Å². The number of amides is 2. The minimum atomic E-state index is -4.37. The van der Waals surface area contributed by atoms with Gasteiger partial charge in [-0.25, -0.2) is 4.79 Å². The molecule has 21 heavy (non-hydrogen) atoms. The van der Waals surface area contributed by atoms with E-state index < -0.39 is 17.8 Å².